The van der Waals surface area contributed by atoms with Gasteiger partial charge in [-0.2, -0.15) is 0 Å². The van der Waals surface area contributed by atoms with Crippen LogP contribution in [0.1, 0.15) is 57.9 Å². The lowest BCUT2D eigenvalue weighted by atomic mass is 9.72. The van der Waals surface area contributed by atoms with Gasteiger partial charge >= 0.3 is 7.82 Å². The SMILES string of the molecule is O=C1C(OP(=O)(O)O)=C([C@H]2CC[C@H](c3ccc(Cl)cc3)CC2)C(=O)c2ccccc21. The molecule has 2 aliphatic carbocycles. The second-order valence-corrected chi connectivity index (χ2v) is 9.23. The lowest BCUT2D eigenvalue weighted by Crippen LogP contribution is -2.29. The first-order valence-electron chi connectivity index (χ1n) is 9.68. The standard InChI is InChI=1S/C22H20ClO6P/c23-16-11-9-14(10-12-16)13-5-7-15(8-6-13)19-20(24)17-3-1-2-4-18(17)21(25)22(19)29-30(26,27)28/h1-4,9-13,15H,5-8H2,(H2,26,27,28)/t13-,15-. The second-order valence-electron chi connectivity index (χ2n) is 7.63. The summed E-state index contributed by atoms with van der Waals surface area (Å²) in [5.74, 6) is -1.58. The second kappa shape index (κ2) is 8.12. The Kier molecular flexibility index (Phi) is 5.69. The highest BCUT2D eigenvalue weighted by atomic mass is 35.5. The third-order valence-electron chi connectivity index (χ3n) is 5.80. The number of hydrogen-bond donors (Lipinski definition) is 2. The van der Waals surface area contributed by atoms with Crippen LogP contribution in [0.3, 0.4) is 0 Å². The van der Waals surface area contributed by atoms with Gasteiger partial charge in [-0.25, -0.2) is 4.57 Å². The lowest BCUT2D eigenvalue weighted by molar-refractivity contribution is 0.0906. The van der Waals surface area contributed by atoms with E-state index in [4.69, 9.17) is 16.1 Å². The van der Waals surface area contributed by atoms with Gasteiger partial charge in [0.15, 0.2) is 11.5 Å². The first-order valence-corrected chi connectivity index (χ1v) is 11.6. The molecule has 0 amide bonds. The maximum Gasteiger partial charge on any atom is 0.524 e. The molecule has 0 unspecified atom stereocenters. The molecular formula is C22H20ClO6P. The highest BCUT2D eigenvalue weighted by Gasteiger charge is 2.40. The van der Waals surface area contributed by atoms with Crippen molar-refractivity contribution in [3.63, 3.8) is 0 Å². The van der Waals surface area contributed by atoms with Gasteiger partial charge in [0, 0.05) is 21.7 Å². The Bertz CT molecular complexity index is 1080. The van der Waals surface area contributed by atoms with Gasteiger partial charge in [0.25, 0.3) is 0 Å². The molecule has 0 aliphatic heterocycles. The smallest absolute Gasteiger partial charge is 0.400 e. The number of carbonyl (C=O) groups excluding carboxylic acids is 2. The van der Waals surface area contributed by atoms with E-state index in [-0.39, 0.29) is 22.6 Å². The summed E-state index contributed by atoms with van der Waals surface area (Å²) in [5, 5.41) is 0.668. The third kappa shape index (κ3) is 4.14. The number of phosphoric ester groups is 1. The van der Waals surface area contributed by atoms with Gasteiger partial charge in [0.1, 0.15) is 0 Å². The molecule has 2 N–H and O–H groups in total. The van der Waals surface area contributed by atoms with Gasteiger partial charge < -0.3 is 4.52 Å². The molecule has 1 fully saturated rings. The normalized spacial score (nSPS) is 22.1. The van der Waals surface area contributed by atoms with E-state index >= 15 is 0 Å². The molecular weight excluding hydrogens is 427 g/mol. The number of hydrogen-bond acceptors (Lipinski definition) is 4. The van der Waals surface area contributed by atoms with Crippen molar-refractivity contribution in [2.24, 2.45) is 5.92 Å². The first kappa shape index (κ1) is 21.0. The summed E-state index contributed by atoms with van der Waals surface area (Å²) < 4.78 is 16.3. The van der Waals surface area contributed by atoms with E-state index < -0.39 is 25.1 Å². The van der Waals surface area contributed by atoms with E-state index in [1.165, 1.54) is 6.07 Å². The summed E-state index contributed by atoms with van der Waals surface area (Å²) in [5.41, 5.74) is 1.59. The van der Waals surface area contributed by atoms with Crippen molar-refractivity contribution < 1.29 is 28.5 Å². The predicted octanol–water partition coefficient (Wildman–Crippen LogP) is 5.06. The van der Waals surface area contributed by atoms with E-state index in [0.717, 1.165) is 18.4 Å². The highest BCUT2D eigenvalue weighted by molar-refractivity contribution is 7.46. The molecule has 0 aromatic heterocycles. The summed E-state index contributed by atoms with van der Waals surface area (Å²) in [7, 11) is -5.01. The first-order chi connectivity index (χ1) is 14.2. The minimum absolute atomic E-state index is 0.0802. The Morgan fingerprint density at radius 2 is 1.37 bits per heavy atom. The van der Waals surface area contributed by atoms with Gasteiger partial charge in [-0.15, -0.1) is 0 Å². The van der Waals surface area contributed by atoms with Crippen molar-refractivity contribution in [3.8, 4) is 0 Å². The molecule has 1 saturated carbocycles. The Morgan fingerprint density at radius 3 is 1.93 bits per heavy atom. The molecule has 0 bridgehead atoms. The molecule has 4 rings (SSSR count). The molecule has 2 aromatic carbocycles. The summed E-state index contributed by atoms with van der Waals surface area (Å²) in [4.78, 5) is 44.8. The minimum atomic E-state index is -5.01. The zero-order chi connectivity index (χ0) is 21.5. The number of carbonyl (C=O) groups is 2. The van der Waals surface area contributed by atoms with Crippen LogP contribution in [0.4, 0.5) is 0 Å². The third-order valence-corrected chi connectivity index (χ3v) is 6.47. The molecule has 30 heavy (non-hydrogen) atoms. The topological polar surface area (TPSA) is 101 Å². The number of halogens is 1. The largest absolute Gasteiger partial charge is 0.524 e. The number of allylic oxidation sites excluding steroid dienone is 2. The summed E-state index contributed by atoms with van der Waals surface area (Å²) >= 11 is 5.96. The molecule has 0 atom stereocenters. The van der Waals surface area contributed by atoms with Crippen LogP contribution in [0.15, 0.2) is 59.9 Å². The van der Waals surface area contributed by atoms with E-state index in [1.54, 1.807) is 18.2 Å². The van der Waals surface area contributed by atoms with Gasteiger partial charge in [-0.1, -0.05) is 48.0 Å². The predicted molar refractivity (Wildman–Crippen MR) is 111 cm³/mol. The van der Waals surface area contributed by atoms with Crippen molar-refractivity contribution >= 4 is 31.0 Å². The highest BCUT2D eigenvalue weighted by Crippen LogP contribution is 2.47. The van der Waals surface area contributed by atoms with Crippen LogP contribution in [-0.2, 0) is 9.09 Å². The fraction of sp³-hybridized carbons (Fsp3) is 0.273. The zero-order valence-corrected chi connectivity index (χ0v) is 17.6. The van der Waals surface area contributed by atoms with E-state index in [1.807, 2.05) is 24.3 Å². The number of benzene rings is 2. The minimum Gasteiger partial charge on any atom is -0.400 e. The van der Waals surface area contributed by atoms with Crippen LogP contribution in [0.5, 0.6) is 0 Å². The Morgan fingerprint density at radius 1 is 0.833 bits per heavy atom. The van der Waals surface area contributed by atoms with Crippen LogP contribution in [0, 0.1) is 5.92 Å². The monoisotopic (exact) mass is 446 g/mol. The van der Waals surface area contributed by atoms with Crippen LogP contribution in [-0.4, -0.2) is 21.4 Å². The molecule has 0 radical (unpaired) electrons. The zero-order valence-electron chi connectivity index (χ0n) is 16.0. The molecule has 2 aromatic rings. The molecule has 8 heteroatoms. The Hall–Kier alpha value is -2.24. The fourth-order valence-corrected chi connectivity index (χ4v) is 4.95. The Balaban J connectivity index is 1.65. The van der Waals surface area contributed by atoms with Gasteiger partial charge in [0.05, 0.1) is 0 Å². The molecule has 156 valence electrons. The molecule has 6 nitrogen and oxygen atoms in total. The van der Waals surface area contributed by atoms with Gasteiger partial charge in [-0.3, -0.25) is 19.4 Å². The Labute approximate surface area is 178 Å². The number of phosphoric acid groups is 1. The summed E-state index contributed by atoms with van der Waals surface area (Å²) in [6.45, 7) is 0. The van der Waals surface area contributed by atoms with Gasteiger partial charge in [-0.05, 0) is 55.2 Å². The number of ketones is 2. The average Bonchev–Trinajstić information content (AvgIpc) is 2.72. The van der Waals surface area contributed by atoms with Crippen molar-refractivity contribution in [3.05, 3.63) is 81.6 Å². The summed E-state index contributed by atoms with van der Waals surface area (Å²) in [6.07, 6.45) is 2.78. The average molecular weight is 447 g/mol. The molecule has 0 spiro atoms. The number of rotatable bonds is 4. The molecule has 0 heterocycles. The van der Waals surface area contributed by atoms with Crippen LogP contribution in [0.25, 0.3) is 0 Å². The van der Waals surface area contributed by atoms with Crippen LogP contribution >= 0.6 is 19.4 Å². The maximum atomic E-state index is 13.2. The van der Waals surface area contributed by atoms with Crippen molar-refractivity contribution in [1.29, 1.82) is 0 Å². The van der Waals surface area contributed by atoms with E-state index in [9.17, 15) is 23.9 Å². The number of fused-ring (bicyclic) bond motifs is 1. The van der Waals surface area contributed by atoms with Crippen molar-refractivity contribution in [2.45, 2.75) is 31.6 Å². The van der Waals surface area contributed by atoms with Crippen molar-refractivity contribution in [2.75, 3.05) is 0 Å². The van der Waals surface area contributed by atoms with Crippen LogP contribution < -0.4 is 0 Å². The van der Waals surface area contributed by atoms with E-state index in [2.05, 4.69) is 0 Å². The summed E-state index contributed by atoms with van der Waals surface area (Å²) in [6, 6.07) is 13.9. The quantitative estimate of drug-likeness (QED) is 0.637. The van der Waals surface area contributed by atoms with Crippen LogP contribution in [0.2, 0.25) is 5.02 Å². The lowest BCUT2D eigenvalue weighted by Gasteiger charge is -2.32. The van der Waals surface area contributed by atoms with Crippen molar-refractivity contribution in [1.82, 2.24) is 0 Å². The molecule has 0 saturated heterocycles. The van der Waals surface area contributed by atoms with Gasteiger partial charge in [0.2, 0.25) is 5.78 Å². The molecule has 2 aliphatic rings. The maximum absolute atomic E-state index is 13.2. The number of Topliss-reactive ketones (excluding diaryl/α,β-unsaturated/α-hetero) is 2. The fourth-order valence-electron chi connectivity index (χ4n) is 4.40. The van der Waals surface area contributed by atoms with E-state index in [0.29, 0.717) is 23.8 Å².